The molecule has 0 aliphatic carbocycles. The molecule has 5 heteroatoms. The van der Waals surface area contributed by atoms with Gasteiger partial charge in [-0.2, -0.15) is 5.10 Å². The molecule has 3 N–H and O–H groups in total. The maximum absolute atomic E-state index is 5.48. The van der Waals surface area contributed by atoms with Crippen molar-refractivity contribution in [3.8, 4) is 0 Å². The molecule has 15 heavy (non-hydrogen) atoms. The minimum Gasteiger partial charge on any atom is -0.385 e. The molecule has 0 saturated heterocycles. The number of methoxy groups -OCH3 is 1. The Kier molecular flexibility index (Phi) is 5.31. The first-order chi connectivity index (χ1) is 7.26. The van der Waals surface area contributed by atoms with Crippen molar-refractivity contribution in [3.63, 3.8) is 0 Å². The Morgan fingerprint density at radius 2 is 2.47 bits per heavy atom. The highest BCUT2D eigenvalue weighted by Gasteiger charge is 2.08. The Morgan fingerprint density at radius 3 is 3.00 bits per heavy atom. The largest absolute Gasteiger partial charge is 0.385 e. The monoisotopic (exact) mass is 212 g/mol. The fourth-order valence-corrected chi connectivity index (χ4v) is 1.54. The number of hydrogen-bond donors (Lipinski definition) is 2. The van der Waals surface area contributed by atoms with Gasteiger partial charge in [0.25, 0.3) is 0 Å². The Bertz CT molecular complexity index is 274. The lowest BCUT2D eigenvalue weighted by Gasteiger charge is -2.13. The van der Waals surface area contributed by atoms with Gasteiger partial charge in [0.1, 0.15) is 0 Å². The summed E-state index contributed by atoms with van der Waals surface area (Å²) in [5, 5.41) is 4.32. The number of ether oxygens (including phenoxy) is 1. The highest BCUT2D eigenvalue weighted by atomic mass is 16.5. The maximum Gasteiger partial charge on any atom is 0.0640 e. The van der Waals surface area contributed by atoms with Crippen molar-refractivity contribution in [2.75, 3.05) is 13.7 Å². The van der Waals surface area contributed by atoms with Gasteiger partial charge >= 0.3 is 0 Å². The zero-order valence-electron chi connectivity index (χ0n) is 9.44. The van der Waals surface area contributed by atoms with E-state index in [4.69, 9.17) is 10.6 Å². The Morgan fingerprint density at radius 1 is 1.67 bits per heavy atom. The Balaban J connectivity index is 2.33. The second kappa shape index (κ2) is 6.55. The van der Waals surface area contributed by atoms with E-state index in [1.54, 1.807) is 11.8 Å². The van der Waals surface area contributed by atoms with Gasteiger partial charge in [-0.15, -0.1) is 0 Å². The lowest BCUT2D eigenvalue weighted by atomic mass is 10.1. The first-order valence-corrected chi connectivity index (χ1v) is 5.20. The predicted octanol–water partition coefficient (Wildman–Crippen LogP) is 0.221. The van der Waals surface area contributed by atoms with E-state index in [1.165, 1.54) is 0 Å². The van der Waals surface area contributed by atoms with E-state index in [2.05, 4.69) is 10.5 Å². The number of hydrogen-bond acceptors (Lipinski definition) is 4. The number of aryl methyl sites for hydroxylation is 1. The molecule has 1 aromatic rings. The van der Waals surface area contributed by atoms with Crippen molar-refractivity contribution in [1.82, 2.24) is 15.2 Å². The maximum atomic E-state index is 5.48. The third-order valence-electron chi connectivity index (χ3n) is 2.36. The van der Waals surface area contributed by atoms with E-state index in [-0.39, 0.29) is 6.04 Å². The predicted molar refractivity (Wildman–Crippen MR) is 59.1 cm³/mol. The Labute approximate surface area is 90.6 Å². The fourth-order valence-electron chi connectivity index (χ4n) is 1.54. The van der Waals surface area contributed by atoms with Crippen LogP contribution in [0.1, 0.15) is 18.5 Å². The molecular weight excluding hydrogens is 192 g/mol. The van der Waals surface area contributed by atoms with E-state index in [0.29, 0.717) is 0 Å². The third-order valence-corrected chi connectivity index (χ3v) is 2.36. The van der Waals surface area contributed by atoms with Crippen LogP contribution in [-0.4, -0.2) is 29.5 Å². The van der Waals surface area contributed by atoms with Gasteiger partial charge in [-0.1, -0.05) is 0 Å². The number of rotatable bonds is 7. The minimum atomic E-state index is 0.273. The second-order valence-corrected chi connectivity index (χ2v) is 3.68. The van der Waals surface area contributed by atoms with Gasteiger partial charge in [0.15, 0.2) is 0 Å². The van der Waals surface area contributed by atoms with Crippen molar-refractivity contribution in [2.24, 2.45) is 12.9 Å². The lowest BCUT2D eigenvalue weighted by Crippen LogP contribution is -2.37. The van der Waals surface area contributed by atoms with Crippen molar-refractivity contribution < 1.29 is 4.74 Å². The summed E-state index contributed by atoms with van der Waals surface area (Å²) < 4.78 is 6.81. The summed E-state index contributed by atoms with van der Waals surface area (Å²) in [7, 11) is 3.63. The van der Waals surface area contributed by atoms with Gasteiger partial charge < -0.3 is 4.74 Å². The SMILES string of the molecule is COCCCC(Cc1ccn(C)n1)NN. The van der Waals surface area contributed by atoms with Crippen LogP contribution in [0.15, 0.2) is 12.3 Å². The quantitative estimate of drug-likeness (QED) is 0.385. The average Bonchev–Trinajstić information content (AvgIpc) is 2.63. The van der Waals surface area contributed by atoms with Crippen molar-refractivity contribution >= 4 is 0 Å². The van der Waals surface area contributed by atoms with E-state index in [0.717, 1.165) is 31.6 Å². The van der Waals surface area contributed by atoms with E-state index in [1.807, 2.05) is 19.3 Å². The molecule has 0 amide bonds. The highest BCUT2D eigenvalue weighted by molar-refractivity contribution is 5.00. The number of nitrogens with one attached hydrogen (secondary N) is 1. The molecule has 1 unspecified atom stereocenters. The molecule has 86 valence electrons. The summed E-state index contributed by atoms with van der Waals surface area (Å²) in [6.07, 6.45) is 4.82. The number of nitrogens with two attached hydrogens (primary N) is 1. The van der Waals surface area contributed by atoms with Crippen LogP contribution in [0.2, 0.25) is 0 Å². The molecule has 0 aliphatic rings. The molecule has 1 atom stereocenters. The van der Waals surface area contributed by atoms with Crippen LogP contribution in [0.4, 0.5) is 0 Å². The van der Waals surface area contributed by atoms with Gasteiger partial charge in [0, 0.05) is 39.4 Å². The standard InChI is InChI=1S/C10H20N4O/c1-14-6-5-10(13-14)8-9(12-11)4-3-7-15-2/h5-6,9,12H,3-4,7-8,11H2,1-2H3. The van der Waals surface area contributed by atoms with E-state index in [9.17, 15) is 0 Å². The zero-order chi connectivity index (χ0) is 11.1. The van der Waals surface area contributed by atoms with Crippen molar-refractivity contribution in [2.45, 2.75) is 25.3 Å². The molecule has 1 heterocycles. The molecule has 0 aromatic carbocycles. The summed E-state index contributed by atoms with van der Waals surface area (Å²) in [4.78, 5) is 0. The average molecular weight is 212 g/mol. The van der Waals surface area contributed by atoms with Crippen LogP contribution < -0.4 is 11.3 Å². The second-order valence-electron chi connectivity index (χ2n) is 3.68. The molecule has 0 radical (unpaired) electrons. The summed E-state index contributed by atoms with van der Waals surface area (Å²) >= 11 is 0. The molecular formula is C10H20N4O. The van der Waals surface area contributed by atoms with Crippen molar-refractivity contribution in [1.29, 1.82) is 0 Å². The molecule has 0 saturated carbocycles. The van der Waals surface area contributed by atoms with Gasteiger partial charge in [-0.05, 0) is 18.9 Å². The number of nitrogens with zero attached hydrogens (tertiary/aromatic N) is 2. The first-order valence-electron chi connectivity index (χ1n) is 5.20. The Hall–Kier alpha value is -0.910. The highest BCUT2D eigenvalue weighted by Crippen LogP contribution is 2.04. The lowest BCUT2D eigenvalue weighted by molar-refractivity contribution is 0.188. The van der Waals surface area contributed by atoms with Crippen LogP contribution >= 0.6 is 0 Å². The van der Waals surface area contributed by atoms with E-state index < -0.39 is 0 Å². The fraction of sp³-hybridized carbons (Fsp3) is 0.700. The summed E-state index contributed by atoms with van der Waals surface area (Å²) in [5.41, 5.74) is 3.88. The number of aromatic nitrogens is 2. The summed E-state index contributed by atoms with van der Waals surface area (Å²) in [6, 6.07) is 2.29. The van der Waals surface area contributed by atoms with Gasteiger partial charge in [0.2, 0.25) is 0 Å². The van der Waals surface area contributed by atoms with Gasteiger partial charge in [-0.3, -0.25) is 16.0 Å². The molecule has 0 aliphatic heterocycles. The molecule has 0 spiro atoms. The smallest absolute Gasteiger partial charge is 0.0640 e. The normalized spacial score (nSPS) is 13.0. The van der Waals surface area contributed by atoms with Crippen LogP contribution in [0, 0.1) is 0 Å². The minimum absolute atomic E-state index is 0.273. The summed E-state index contributed by atoms with van der Waals surface area (Å²) in [5.74, 6) is 5.48. The molecule has 1 rings (SSSR count). The van der Waals surface area contributed by atoms with Crippen LogP contribution in [0.5, 0.6) is 0 Å². The molecule has 0 bridgehead atoms. The van der Waals surface area contributed by atoms with Gasteiger partial charge in [0.05, 0.1) is 5.69 Å². The zero-order valence-corrected chi connectivity index (χ0v) is 9.44. The molecule has 5 nitrogen and oxygen atoms in total. The van der Waals surface area contributed by atoms with Gasteiger partial charge in [-0.25, -0.2) is 0 Å². The number of hydrazine groups is 1. The molecule has 0 fully saturated rings. The van der Waals surface area contributed by atoms with E-state index >= 15 is 0 Å². The molecule has 1 aromatic heterocycles. The topological polar surface area (TPSA) is 65.1 Å². The van der Waals surface area contributed by atoms with Crippen molar-refractivity contribution in [3.05, 3.63) is 18.0 Å². The first kappa shape index (κ1) is 12.2. The van der Waals surface area contributed by atoms with Crippen LogP contribution in [-0.2, 0) is 18.2 Å². The van der Waals surface area contributed by atoms with Crippen LogP contribution in [0.25, 0.3) is 0 Å². The summed E-state index contributed by atoms with van der Waals surface area (Å²) in [6.45, 7) is 0.778. The third kappa shape index (κ3) is 4.42. The van der Waals surface area contributed by atoms with Crippen LogP contribution in [0.3, 0.4) is 0 Å².